The molecule has 0 aromatic carbocycles. The molecule has 1 saturated heterocycles. The molecule has 1 unspecified atom stereocenters. The van der Waals surface area contributed by atoms with Crippen LogP contribution in [0.2, 0.25) is 0 Å². The third-order valence-corrected chi connectivity index (χ3v) is 6.25. The molecule has 2 rings (SSSR count). The number of nitrogens with one attached hydrogen (secondary N) is 1. The summed E-state index contributed by atoms with van der Waals surface area (Å²) in [6.07, 6.45) is 3.24. The highest BCUT2D eigenvalue weighted by Gasteiger charge is 2.49. The lowest BCUT2D eigenvalue weighted by Gasteiger charge is -2.43. The van der Waals surface area contributed by atoms with E-state index in [1.807, 2.05) is 25.7 Å². The third kappa shape index (κ3) is 7.24. The quantitative estimate of drug-likeness (QED) is 0.509. The monoisotopic (exact) mass is 432 g/mol. The minimum Gasteiger partial charge on any atom is -0.379 e. The second kappa shape index (κ2) is 12.1. The van der Waals surface area contributed by atoms with Crippen molar-refractivity contribution < 1.29 is 27.8 Å². The summed E-state index contributed by atoms with van der Waals surface area (Å²) in [5.74, 6) is -4.56. The zero-order chi connectivity index (χ0) is 22.1. The number of carbonyl (C=O) groups is 2. The van der Waals surface area contributed by atoms with Crippen molar-refractivity contribution in [2.75, 3.05) is 46.1 Å². The van der Waals surface area contributed by atoms with Crippen LogP contribution in [0.3, 0.4) is 0 Å². The van der Waals surface area contributed by atoms with Gasteiger partial charge in [-0.25, -0.2) is 8.78 Å². The maximum Gasteiger partial charge on any atom is 0.272 e. The molecule has 1 heterocycles. The van der Waals surface area contributed by atoms with Crippen LogP contribution in [-0.4, -0.2) is 74.6 Å². The van der Waals surface area contributed by atoms with Crippen molar-refractivity contribution in [3.05, 3.63) is 0 Å². The first-order chi connectivity index (χ1) is 14.3. The van der Waals surface area contributed by atoms with Crippen molar-refractivity contribution in [3.63, 3.8) is 0 Å². The van der Waals surface area contributed by atoms with E-state index in [1.165, 1.54) is 0 Å². The van der Waals surface area contributed by atoms with Gasteiger partial charge in [0.15, 0.2) is 0 Å². The standard InChI is InChI=1S/C22H38F2N2O4/c1-4-29-13-14-30-12-10-25-21(28)19-9-11-26(15-22(19,23)24)18-7-5-17(6-8-18)20(27)16(2)3/h16-19H,4-15H2,1-3H3,(H,25,28). The molecule has 6 nitrogen and oxygen atoms in total. The fourth-order valence-electron chi connectivity index (χ4n) is 4.53. The average molecular weight is 433 g/mol. The Labute approximate surface area is 179 Å². The molecule has 1 saturated carbocycles. The molecule has 174 valence electrons. The first kappa shape index (κ1) is 25.1. The fraction of sp³-hybridized carbons (Fsp3) is 0.909. The lowest BCUT2D eigenvalue weighted by Crippen LogP contribution is -2.56. The van der Waals surface area contributed by atoms with Gasteiger partial charge in [0.2, 0.25) is 5.91 Å². The Hall–Kier alpha value is -1.12. The summed E-state index contributed by atoms with van der Waals surface area (Å²) in [5.41, 5.74) is 0. The molecule has 1 atom stereocenters. The number of carbonyl (C=O) groups excluding carboxylic acids is 2. The maximum atomic E-state index is 14.7. The fourth-order valence-corrected chi connectivity index (χ4v) is 4.53. The highest BCUT2D eigenvalue weighted by molar-refractivity contribution is 5.82. The van der Waals surface area contributed by atoms with Crippen molar-refractivity contribution in [1.29, 1.82) is 0 Å². The van der Waals surface area contributed by atoms with Crippen LogP contribution in [0, 0.1) is 17.8 Å². The predicted molar refractivity (Wildman–Crippen MR) is 111 cm³/mol. The second-order valence-electron chi connectivity index (χ2n) is 8.74. The predicted octanol–water partition coefficient (Wildman–Crippen LogP) is 2.90. The van der Waals surface area contributed by atoms with Gasteiger partial charge in [0.25, 0.3) is 5.92 Å². The van der Waals surface area contributed by atoms with Gasteiger partial charge in [0, 0.05) is 31.0 Å². The number of piperidine rings is 1. The second-order valence-corrected chi connectivity index (χ2v) is 8.74. The van der Waals surface area contributed by atoms with E-state index in [1.54, 1.807) is 0 Å². The summed E-state index contributed by atoms with van der Waals surface area (Å²) in [5, 5.41) is 2.58. The summed E-state index contributed by atoms with van der Waals surface area (Å²) in [7, 11) is 0. The van der Waals surface area contributed by atoms with E-state index in [9.17, 15) is 18.4 Å². The molecular weight excluding hydrogens is 394 g/mol. The average Bonchev–Trinajstić information content (AvgIpc) is 2.71. The largest absolute Gasteiger partial charge is 0.379 e. The van der Waals surface area contributed by atoms with E-state index in [0.29, 0.717) is 26.4 Å². The Morgan fingerprint density at radius 3 is 2.33 bits per heavy atom. The minimum atomic E-state index is -3.05. The number of halogens is 2. The first-order valence-electron chi connectivity index (χ1n) is 11.3. The van der Waals surface area contributed by atoms with Gasteiger partial charge in [-0.05, 0) is 45.6 Å². The Bertz CT molecular complexity index is 551. The third-order valence-electron chi connectivity index (χ3n) is 6.25. The summed E-state index contributed by atoms with van der Waals surface area (Å²) < 4.78 is 39.9. The van der Waals surface area contributed by atoms with Crippen molar-refractivity contribution >= 4 is 11.7 Å². The molecule has 0 spiro atoms. The first-order valence-corrected chi connectivity index (χ1v) is 11.3. The number of ketones is 1. The van der Waals surface area contributed by atoms with Gasteiger partial charge in [-0.3, -0.25) is 14.5 Å². The van der Waals surface area contributed by atoms with E-state index in [4.69, 9.17) is 9.47 Å². The van der Waals surface area contributed by atoms with Crippen molar-refractivity contribution in [3.8, 4) is 0 Å². The number of rotatable bonds is 11. The van der Waals surface area contributed by atoms with E-state index < -0.39 is 17.7 Å². The van der Waals surface area contributed by atoms with Crippen LogP contribution in [0.4, 0.5) is 8.78 Å². The topological polar surface area (TPSA) is 67.9 Å². The summed E-state index contributed by atoms with van der Waals surface area (Å²) in [6, 6.07) is 0.0786. The van der Waals surface area contributed by atoms with Gasteiger partial charge in [-0.15, -0.1) is 0 Å². The molecule has 2 fully saturated rings. The van der Waals surface area contributed by atoms with E-state index in [0.717, 1.165) is 25.7 Å². The van der Waals surface area contributed by atoms with Crippen LogP contribution < -0.4 is 5.32 Å². The number of ether oxygens (including phenoxy) is 2. The molecule has 30 heavy (non-hydrogen) atoms. The summed E-state index contributed by atoms with van der Waals surface area (Å²) in [6.45, 7) is 7.84. The van der Waals surface area contributed by atoms with Gasteiger partial charge in [-0.2, -0.15) is 0 Å². The maximum absolute atomic E-state index is 14.7. The molecule has 1 aliphatic carbocycles. The molecule has 0 radical (unpaired) electrons. The lowest BCUT2D eigenvalue weighted by atomic mass is 9.79. The van der Waals surface area contributed by atoms with Crippen molar-refractivity contribution in [1.82, 2.24) is 10.2 Å². The number of hydrogen-bond acceptors (Lipinski definition) is 5. The van der Waals surface area contributed by atoms with E-state index >= 15 is 0 Å². The Balaban J connectivity index is 1.73. The van der Waals surface area contributed by atoms with Crippen LogP contribution in [-0.2, 0) is 19.1 Å². The van der Waals surface area contributed by atoms with Crippen LogP contribution >= 0.6 is 0 Å². The van der Waals surface area contributed by atoms with Gasteiger partial charge in [-0.1, -0.05) is 13.8 Å². The summed E-state index contributed by atoms with van der Waals surface area (Å²) in [4.78, 5) is 26.3. The molecular formula is C22H38F2N2O4. The SMILES string of the molecule is CCOCCOCCNC(=O)C1CCN(C2CCC(C(=O)C(C)C)CC2)CC1(F)F. The van der Waals surface area contributed by atoms with Crippen molar-refractivity contribution in [2.45, 2.75) is 64.8 Å². The lowest BCUT2D eigenvalue weighted by molar-refractivity contribution is -0.155. The molecule has 1 N–H and O–H groups in total. The molecule has 0 aromatic heterocycles. The Morgan fingerprint density at radius 1 is 1.07 bits per heavy atom. The number of amides is 1. The van der Waals surface area contributed by atoms with Crippen LogP contribution in [0.1, 0.15) is 52.9 Å². The molecule has 1 amide bonds. The highest BCUT2D eigenvalue weighted by atomic mass is 19.3. The van der Waals surface area contributed by atoms with E-state index in [-0.39, 0.29) is 49.8 Å². The van der Waals surface area contributed by atoms with Gasteiger partial charge >= 0.3 is 0 Å². The number of Topliss-reactive ketones (excluding diaryl/α,β-unsaturated/α-hetero) is 1. The molecule has 0 aromatic rings. The number of likely N-dealkylation sites (tertiary alicyclic amines) is 1. The highest BCUT2D eigenvalue weighted by Crippen LogP contribution is 2.37. The van der Waals surface area contributed by atoms with E-state index in [2.05, 4.69) is 5.32 Å². The van der Waals surface area contributed by atoms with Crippen molar-refractivity contribution in [2.24, 2.45) is 17.8 Å². The van der Waals surface area contributed by atoms with Gasteiger partial charge in [0.05, 0.1) is 26.4 Å². The zero-order valence-corrected chi connectivity index (χ0v) is 18.6. The number of nitrogens with zero attached hydrogens (tertiary/aromatic N) is 1. The zero-order valence-electron chi connectivity index (χ0n) is 18.6. The smallest absolute Gasteiger partial charge is 0.272 e. The molecule has 2 aliphatic rings. The normalized spacial score (nSPS) is 27.2. The Kier molecular flexibility index (Phi) is 10.1. The van der Waals surface area contributed by atoms with Crippen LogP contribution in [0.5, 0.6) is 0 Å². The summed E-state index contributed by atoms with van der Waals surface area (Å²) >= 11 is 0. The Morgan fingerprint density at radius 2 is 1.73 bits per heavy atom. The number of hydrogen-bond donors (Lipinski definition) is 1. The molecule has 1 aliphatic heterocycles. The molecule has 0 bridgehead atoms. The van der Waals surface area contributed by atoms with Crippen LogP contribution in [0.25, 0.3) is 0 Å². The minimum absolute atomic E-state index is 0.0280. The van der Waals surface area contributed by atoms with Crippen LogP contribution in [0.15, 0.2) is 0 Å². The molecule has 8 heteroatoms. The van der Waals surface area contributed by atoms with Gasteiger partial charge < -0.3 is 14.8 Å². The van der Waals surface area contributed by atoms with Gasteiger partial charge in [0.1, 0.15) is 11.7 Å². The number of alkyl halides is 2.